The molecule has 0 spiro atoms. The summed E-state index contributed by atoms with van der Waals surface area (Å²) in [6.07, 6.45) is 0.734. The minimum Gasteiger partial charge on any atom is -0.302 e. The lowest BCUT2D eigenvalue weighted by molar-refractivity contribution is 0.560. The summed E-state index contributed by atoms with van der Waals surface area (Å²) in [4.78, 5) is 0.409. The van der Waals surface area contributed by atoms with Gasteiger partial charge in [0.2, 0.25) is 0 Å². The molecule has 2 nitrogen and oxygen atoms in total. The van der Waals surface area contributed by atoms with E-state index in [2.05, 4.69) is 25.0 Å². The molecule has 1 aromatic carbocycles. The second-order valence-electron chi connectivity index (χ2n) is 3.81. The minimum atomic E-state index is -3.27. The third-order valence-electron chi connectivity index (χ3n) is 2.42. The molecule has 0 aliphatic carbocycles. The van der Waals surface area contributed by atoms with Crippen molar-refractivity contribution in [3.05, 3.63) is 29.3 Å². The summed E-state index contributed by atoms with van der Waals surface area (Å²) in [6, 6.07) is 5.44. The molecule has 1 unspecified atom stereocenters. The molecule has 1 atom stereocenters. The maximum absolute atomic E-state index is 11.5. The molecule has 84 valence electrons. The van der Waals surface area contributed by atoms with Crippen LogP contribution in [0.5, 0.6) is 0 Å². The highest BCUT2D eigenvalue weighted by atomic mass is 32.8. The van der Waals surface area contributed by atoms with Crippen LogP contribution >= 0.6 is 0 Å². The van der Waals surface area contributed by atoms with Gasteiger partial charge in [0.05, 0.1) is 4.90 Å². The Hall–Kier alpha value is -0.450. The average Bonchev–Trinajstić information content (AvgIpc) is 2.15. The third kappa shape index (κ3) is 2.77. The van der Waals surface area contributed by atoms with Crippen LogP contribution in [0.1, 0.15) is 37.8 Å². The molecule has 0 fully saturated rings. The van der Waals surface area contributed by atoms with Gasteiger partial charge in [0.15, 0.2) is 8.77 Å². The second-order valence-corrected chi connectivity index (χ2v) is 6.55. The molecule has 0 bridgehead atoms. The lowest BCUT2D eigenvalue weighted by Crippen LogP contribution is -2.05. The quantitative estimate of drug-likeness (QED) is 0.888. The van der Waals surface area contributed by atoms with Gasteiger partial charge in [-0.1, -0.05) is 32.9 Å². The van der Waals surface area contributed by atoms with Crippen molar-refractivity contribution in [2.45, 2.75) is 38.0 Å². The van der Waals surface area contributed by atoms with Crippen LogP contribution in [0.2, 0.25) is 0 Å². The van der Waals surface area contributed by atoms with Gasteiger partial charge < -0.3 is 4.55 Å². The first-order valence-corrected chi connectivity index (χ1v) is 7.41. The van der Waals surface area contributed by atoms with Crippen LogP contribution in [0.4, 0.5) is 0 Å². The van der Waals surface area contributed by atoms with Crippen LogP contribution in [0, 0.1) is 0 Å². The van der Waals surface area contributed by atoms with Gasteiger partial charge in [-0.3, -0.25) is 0 Å². The molecule has 0 saturated heterocycles. The molecular weight excluding hydrogens is 228 g/mol. The highest BCUT2D eigenvalue weighted by Crippen LogP contribution is 2.26. The van der Waals surface area contributed by atoms with Crippen LogP contribution in [-0.2, 0) is 26.4 Å². The monoisotopic (exact) mass is 244 g/mol. The maximum Gasteiger partial charge on any atom is 0.171 e. The van der Waals surface area contributed by atoms with E-state index in [4.69, 9.17) is 0 Å². The largest absolute Gasteiger partial charge is 0.302 e. The van der Waals surface area contributed by atoms with Gasteiger partial charge in [0.1, 0.15) is 0 Å². The smallest absolute Gasteiger partial charge is 0.171 e. The molecule has 1 N–H and O–H groups in total. The molecule has 15 heavy (non-hydrogen) atoms. The van der Waals surface area contributed by atoms with Crippen LogP contribution in [-0.4, -0.2) is 8.76 Å². The van der Waals surface area contributed by atoms with E-state index in [0.717, 1.165) is 17.5 Å². The Kier molecular flexibility index (Phi) is 3.87. The Morgan fingerprint density at radius 1 is 1.47 bits per heavy atom. The Morgan fingerprint density at radius 3 is 2.47 bits per heavy atom. The average molecular weight is 244 g/mol. The summed E-state index contributed by atoms with van der Waals surface area (Å²) in [5, 5.41) is 0. The normalized spacial score (nSPS) is 15.3. The van der Waals surface area contributed by atoms with E-state index in [1.807, 2.05) is 13.0 Å². The number of hydrogen-bond acceptors (Lipinski definition) is 2. The number of benzene rings is 1. The van der Waals surface area contributed by atoms with Crippen molar-refractivity contribution < 1.29 is 8.76 Å². The molecule has 4 heteroatoms. The van der Waals surface area contributed by atoms with E-state index in [1.54, 1.807) is 12.1 Å². The first-order valence-electron chi connectivity index (χ1n) is 4.97. The zero-order chi connectivity index (χ0) is 11.6. The summed E-state index contributed by atoms with van der Waals surface area (Å²) in [7, 11) is -3.27. The molecule has 0 radical (unpaired) electrons. The first kappa shape index (κ1) is 12.6. The molecule has 0 saturated carbocycles. The summed E-state index contributed by atoms with van der Waals surface area (Å²) >= 11 is 4.63. The van der Waals surface area contributed by atoms with Gasteiger partial charge in [0.25, 0.3) is 0 Å². The number of rotatable bonds is 3. The van der Waals surface area contributed by atoms with Crippen molar-refractivity contribution in [1.82, 2.24) is 0 Å². The number of hydrogen-bond donors (Lipinski definition) is 1. The minimum absolute atomic E-state index is 0.344. The van der Waals surface area contributed by atoms with Gasteiger partial charge in [-0.05, 0) is 29.5 Å². The Morgan fingerprint density at radius 2 is 2.07 bits per heavy atom. The van der Waals surface area contributed by atoms with Crippen molar-refractivity contribution >= 4 is 20.0 Å². The van der Waals surface area contributed by atoms with Crippen molar-refractivity contribution in [1.29, 1.82) is 0 Å². The van der Waals surface area contributed by atoms with E-state index < -0.39 is 8.77 Å². The molecule has 0 aromatic heterocycles. The third-order valence-corrected chi connectivity index (χ3v) is 3.90. The summed E-state index contributed by atoms with van der Waals surface area (Å²) < 4.78 is 21.0. The standard InChI is InChI=1S/C11H16O2S2/c1-4-9-10(8(2)3)6-5-7-11(9)15(12,13)14/h5-8H,4H2,1-3H3,(H,12,13,14). The van der Waals surface area contributed by atoms with Gasteiger partial charge in [-0.15, -0.1) is 0 Å². The molecule has 0 amide bonds. The fourth-order valence-corrected chi connectivity index (χ4v) is 3.04. The Bertz CT molecular complexity index is 448. The van der Waals surface area contributed by atoms with E-state index in [1.165, 1.54) is 0 Å². The van der Waals surface area contributed by atoms with Crippen LogP contribution in [0.25, 0.3) is 0 Å². The fraction of sp³-hybridized carbons (Fsp3) is 0.455. The summed E-state index contributed by atoms with van der Waals surface area (Å²) in [5.41, 5.74) is 2.04. The fourth-order valence-electron chi connectivity index (χ4n) is 1.74. The zero-order valence-corrected chi connectivity index (χ0v) is 10.8. The van der Waals surface area contributed by atoms with Gasteiger partial charge in [0, 0.05) is 11.2 Å². The second kappa shape index (κ2) is 4.60. The van der Waals surface area contributed by atoms with Gasteiger partial charge in [-0.25, -0.2) is 4.21 Å². The van der Waals surface area contributed by atoms with Gasteiger partial charge >= 0.3 is 0 Å². The molecule has 0 heterocycles. The molecular formula is C11H16O2S2. The topological polar surface area (TPSA) is 37.3 Å². The Labute approximate surface area is 96.2 Å². The highest BCUT2D eigenvalue weighted by molar-refractivity contribution is 8.29. The van der Waals surface area contributed by atoms with Crippen LogP contribution in [0.15, 0.2) is 23.1 Å². The van der Waals surface area contributed by atoms with Gasteiger partial charge in [-0.2, -0.15) is 0 Å². The van der Waals surface area contributed by atoms with E-state index >= 15 is 0 Å². The van der Waals surface area contributed by atoms with Crippen molar-refractivity contribution in [3.8, 4) is 0 Å². The first-order chi connectivity index (χ1) is 6.88. The molecule has 1 aromatic rings. The van der Waals surface area contributed by atoms with E-state index in [-0.39, 0.29) is 0 Å². The Balaban J connectivity index is 3.49. The van der Waals surface area contributed by atoms with E-state index in [0.29, 0.717) is 10.8 Å². The predicted octanol–water partition coefficient (Wildman–Crippen LogP) is 2.95. The molecule has 0 aliphatic rings. The lowest BCUT2D eigenvalue weighted by Gasteiger charge is -2.15. The zero-order valence-electron chi connectivity index (χ0n) is 9.19. The van der Waals surface area contributed by atoms with E-state index in [9.17, 15) is 8.76 Å². The lowest BCUT2D eigenvalue weighted by atomic mass is 9.96. The van der Waals surface area contributed by atoms with Crippen molar-refractivity contribution in [3.63, 3.8) is 0 Å². The van der Waals surface area contributed by atoms with Crippen LogP contribution in [0.3, 0.4) is 0 Å². The molecule has 0 aliphatic heterocycles. The van der Waals surface area contributed by atoms with Crippen LogP contribution < -0.4 is 0 Å². The van der Waals surface area contributed by atoms with Crippen molar-refractivity contribution in [2.24, 2.45) is 0 Å². The predicted molar refractivity (Wildman–Crippen MR) is 66.3 cm³/mol. The highest BCUT2D eigenvalue weighted by Gasteiger charge is 2.15. The maximum atomic E-state index is 11.5. The summed E-state index contributed by atoms with van der Waals surface area (Å²) in [5.74, 6) is 0.344. The van der Waals surface area contributed by atoms with Crippen molar-refractivity contribution in [2.75, 3.05) is 0 Å². The summed E-state index contributed by atoms with van der Waals surface area (Å²) in [6.45, 7) is 6.12. The molecule has 1 rings (SSSR count). The SMILES string of the molecule is CCc1c(C(C)C)cccc1S(=O)(O)=S.